The Bertz CT molecular complexity index is 593. The molecule has 1 atom stereocenters. The van der Waals surface area contributed by atoms with Gasteiger partial charge in [0.15, 0.2) is 0 Å². The monoisotopic (exact) mass is 318 g/mol. The van der Waals surface area contributed by atoms with Crippen LogP contribution in [-0.2, 0) is 13.0 Å². The molecule has 118 valence electrons. The highest BCUT2D eigenvalue weighted by atomic mass is 35.5. The summed E-state index contributed by atoms with van der Waals surface area (Å²) in [5.41, 5.74) is 2.46. The lowest BCUT2D eigenvalue weighted by Crippen LogP contribution is -2.09. The van der Waals surface area contributed by atoms with E-state index in [1.54, 1.807) is 0 Å². The Hall–Kier alpha value is -1.67. The molecular formula is C19H23ClO2. The fourth-order valence-electron chi connectivity index (χ4n) is 2.02. The maximum absolute atomic E-state index is 6.26. The molecule has 0 aliphatic heterocycles. The van der Waals surface area contributed by atoms with Crippen LogP contribution >= 0.6 is 11.6 Å². The van der Waals surface area contributed by atoms with Crippen molar-refractivity contribution in [3.8, 4) is 11.5 Å². The van der Waals surface area contributed by atoms with Crippen molar-refractivity contribution in [3.05, 3.63) is 58.6 Å². The number of aryl methyl sites for hydroxylation is 1. The van der Waals surface area contributed by atoms with Gasteiger partial charge in [0.2, 0.25) is 0 Å². The second-order valence-electron chi connectivity index (χ2n) is 5.39. The van der Waals surface area contributed by atoms with Crippen molar-refractivity contribution in [3.63, 3.8) is 0 Å². The second kappa shape index (κ2) is 8.09. The number of hydrogen-bond acceptors (Lipinski definition) is 2. The molecule has 0 aliphatic rings. The first-order chi connectivity index (χ1) is 10.6. The average molecular weight is 319 g/mol. The van der Waals surface area contributed by atoms with Gasteiger partial charge in [-0.2, -0.15) is 0 Å². The Kier molecular flexibility index (Phi) is 6.14. The van der Waals surface area contributed by atoms with Gasteiger partial charge >= 0.3 is 0 Å². The van der Waals surface area contributed by atoms with Gasteiger partial charge in [-0.15, -0.1) is 0 Å². The molecule has 2 rings (SSSR count). The minimum atomic E-state index is 0.180. The van der Waals surface area contributed by atoms with E-state index in [-0.39, 0.29) is 6.10 Å². The van der Waals surface area contributed by atoms with Gasteiger partial charge in [-0.1, -0.05) is 49.7 Å². The van der Waals surface area contributed by atoms with Gasteiger partial charge in [0.1, 0.15) is 18.1 Å². The standard InChI is InChI=1S/C19H23ClO2/c1-4-14(3)22-17-10-11-19(18(20)12-17)21-13-16-8-6-15(5-2)7-9-16/h6-12,14H,4-5,13H2,1-3H3. The molecule has 0 bridgehead atoms. The molecule has 22 heavy (non-hydrogen) atoms. The van der Waals surface area contributed by atoms with E-state index in [4.69, 9.17) is 21.1 Å². The highest BCUT2D eigenvalue weighted by molar-refractivity contribution is 6.32. The largest absolute Gasteiger partial charge is 0.491 e. The maximum atomic E-state index is 6.26. The van der Waals surface area contributed by atoms with E-state index in [1.807, 2.05) is 25.1 Å². The maximum Gasteiger partial charge on any atom is 0.138 e. The Labute approximate surface area is 138 Å². The first kappa shape index (κ1) is 16.7. The molecule has 0 aliphatic carbocycles. The molecule has 0 N–H and O–H groups in total. The summed E-state index contributed by atoms with van der Waals surface area (Å²) in [6.45, 7) is 6.79. The number of hydrogen-bond donors (Lipinski definition) is 0. The number of rotatable bonds is 7. The Morgan fingerprint density at radius 2 is 1.68 bits per heavy atom. The van der Waals surface area contributed by atoms with Crippen LogP contribution < -0.4 is 9.47 Å². The van der Waals surface area contributed by atoms with Crippen LogP contribution in [0.5, 0.6) is 11.5 Å². The summed E-state index contributed by atoms with van der Waals surface area (Å²) in [4.78, 5) is 0. The third-order valence-corrected chi connectivity index (χ3v) is 3.94. The predicted octanol–water partition coefficient (Wildman–Crippen LogP) is 5.66. The van der Waals surface area contributed by atoms with Crippen LogP contribution in [0.2, 0.25) is 5.02 Å². The van der Waals surface area contributed by atoms with Crippen LogP contribution in [0.4, 0.5) is 0 Å². The van der Waals surface area contributed by atoms with Crippen molar-refractivity contribution in [1.29, 1.82) is 0 Å². The van der Waals surface area contributed by atoms with E-state index < -0.39 is 0 Å². The number of benzene rings is 2. The Morgan fingerprint density at radius 1 is 1.00 bits per heavy atom. The molecule has 0 saturated heterocycles. The minimum Gasteiger partial charge on any atom is -0.491 e. The van der Waals surface area contributed by atoms with Gasteiger partial charge in [0, 0.05) is 6.07 Å². The molecule has 2 aromatic rings. The van der Waals surface area contributed by atoms with E-state index >= 15 is 0 Å². The lowest BCUT2D eigenvalue weighted by atomic mass is 10.1. The van der Waals surface area contributed by atoms with Crippen molar-refractivity contribution >= 4 is 11.6 Å². The molecule has 0 amide bonds. The van der Waals surface area contributed by atoms with Gasteiger partial charge in [-0.05, 0) is 43.0 Å². The molecule has 2 nitrogen and oxygen atoms in total. The molecule has 0 radical (unpaired) electrons. The minimum absolute atomic E-state index is 0.180. The fraction of sp³-hybridized carbons (Fsp3) is 0.368. The first-order valence-corrected chi connectivity index (χ1v) is 8.17. The topological polar surface area (TPSA) is 18.5 Å². The highest BCUT2D eigenvalue weighted by Crippen LogP contribution is 2.30. The zero-order valence-electron chi connectivity index (χ0n) is 13.4. The van der Waals surface area contributed by atoms with Crippen LogP contribution in [0.3, 0.4) is 0 Å². The van der Waals surface area contributed by atoms with Gasteiger partial charge in [-0.3, -0.25) is 0 Å². The van der Waals surface area contributed by atoms with Crippen LogP contribution in [0.1, 0.15) is 38.3 Å². The summed E-state index contributed by atoms with van der Waals surface area (Å²) < 4.78 is 11.5. The Morgan fingerprint density at radius 3 is 2.27 bits per heavy atom. The van der Waals surface area contributed by atoms with E-state index in [0.29, 0.717) is 17.4 Å². The van der Waals surface area contributed by atoms with Crippen molar-refractivity contribution in [2.45, 2.75) is 46.3 Å². The SMILES string of the molecule is CCc1ccc(COc2ccc(OC(C)CC)cc2Cl)cc1. The summed E-state index contributed by atoms with van der Waals surface area (Å²) in [6, 6.07) is 14.0. The van der Waals surface area contributed by atoms with Crippen LogP contribution in [-0.4, -0.2) is 6.10 Å². The number of halogens is 1. The van der Waals surface area contributed by atoms with E-state index in [9.17, 15) is 0 Å². The van der Waals surface area contributed by atoms with Crippen molar-refractivity contribution < 1.29 is 9.47 Å². The van der Waals surface area contributed by atoms with Crippen molar-refractivity contribution in [2.24, 2.45) is 0 Å². The van der Waals surface area contributed by atoms with Gasteiger partial charge in [0.05, 0.1) is 11.1 Å². The quantitative estimate of drug-likeness (QED) is 0.656. The van der Waals surface area contributed by atoms with Gasteiger partial charge < -0.3 is 9.47 Å². The summed E-state index contributed by atoms with van der Waals surface area (Å²) >= 11 is 6.26. The fourth-order valence-corrected chi connectivity index (χ4v) is 2.24. The highest BCUT2D eigenvalue weighted by Gasteiger charge is 2.07. The Balaban J connectivity index is 1.97. The van der Waals surface area contributed by atoms with E-state index in [1.165, 1.54) is 5.56 Å². The normalized spacial score (nSPS) is 12.0. The van der Waals surface area contributed by atoms with E-state index in [2.05, 4.69) is 38.1 Å². The molecule has 0 aromatic heterocycles. The van der Waals surface area contributed by atoms with Crippen molar-refractivity contribution in [1.82, 2.24) is 0 Å². The molecule has 0 spiro atoms. The summed E-state index contributed by atoms with van der Waals surface area (Å²) in [5.74, 6) is 1.46. The molecule has 0 heterocycles. The van der Waals surface area contributed by atoms with Gasteiger partial charge in [-0.25, -0.2) is 0 Å². The zero-order chi connectivity index (χ0) is 15.9. The average Bonchev–Trinajstić information content (AvgIpc) is 2.54. The third-order valence-electron chi connectivity index (χ3n) is 3.64. The van der Waals surface area contributed by atoms with E-state index in [0.717, 1.165) is 24.2 Å². The molecule has 3 heteroatoms. The molecule has 2 aromatic carbocycles. The second-order valence-corrected chi connectivity index (χ2v) is 5.79. The predicted molar refractivity (Wildman–Crippen MR) is 92.0 cm³/mol. The molecule has 0 saturated carbocycles. The molecule has 1 unspecified atom stereocenters. The first-order valence-electron chi connectivity index (χ1n) is 7.79. The lowest BCUT2D eigenvalue weighted by Gasteiger charge is -2.14. The summed E-state index contributed by atoms with van der Waals surface area (Å²) in [5, 5.41) is 0.575. The summed E-state index contributed by atoms with van der Waals surface area (Å²) in [7, 11) is 0. The smallest absolute Gasteiger partial charge is 0.138 e. The van der Waals surface area contributed by atoms with Crippen LogP contribution in [0.25, 0.3) is 0 Å². The van der Waals surface area contributed by atoms with Crippen LogP contribution in [0, 0.1) is 0 Å². The van der Waals surface area contributed by atoms with Gasteiger partial charge in [0.25, 0.3) is 0 Å². The number of ether oxygens (including phenoxy) is 2. The van der Waals surface area contributed by atoms with Crippen molar-refractivity contribution in [2.75, 3.05) is 0 Å². The molecule has 0 fully saturated rings. The third kappa shape index (κ3) is 4.67. The summed E-state index contributed by atoms with van der Waals surface area (Å²) in [6.07, 6.45) is 2.19. The van der Waals surface area contributed by atoms with Crippen LogP contribution in [0.15, 0.2) is 42.5 Å². The zero-order valence-corrected chi connectivity index (χ0v) is 14.2. The molecular weight excluding hydrogens is 296 g/mol. The lowest BCUT2D eigenvalue weighted by molar-refractivity contribution is 0.217.